The quantitative estimate of drug-likeness (QED) is 0.579. The number of halogens is 1. The number of nitro groups is 1. The fourth-order valence-corrected chi connectivity index (χ4v) is 3.24. The van der Waals surface area contributed by atoms with E-state index in [-0.39, 0.29) is 11.6 Å². The van der Waals surface area contributed by atoms with Gasteiger partial charge < -0.3 is 15.0 Å². The minimum Gasteiger partial charge on any atom is -0.370 e. The summed E-state index contributed by atoms with van der Waals surface area (Å²) in [7, 11) is 0. The van der Waals surface area contributed by atoms with E-state index in [4.69, 9.17) is 4.74 Å². The van der Waals surface area contributed by atoms with E-state index < -0.39 is 22.3 Å². The molecule has 0 radical (unpaired) electrons. The Morgan fingerprint density at radius 3 is 2.57 bits per heavy atom. The number of benzene rings is 2. The Balaban J connectivity index is 1.81. The van der Waals surface area contributed by atoms with Crippen LogP contribution in [0.25, 0.3) is 0 Å². The zero-order valence-electron chi connectivity index (χ0n) is 15.6. The van der Waals surface area contributed by atoms with Gasteiger partial charge in [0.1, 0.15) is 25.7 Å². The molecule has 8 heteroatoms. The van der Waals surface area contributed by atoms with Gasteiger partial charge in [-0.2, -0.15) is 4.39 Å². The number of ether oxygens (including phenoxy) is 1. The van der Waals surface area contributed by atoms with Gasteiger partial charge in [0.15, 0.2) is 0 Å². The summed E-state index contributed by atoms with van der Waals surface area (Å²) in [6.45, 7) is 5.70. The van der Waals surface area contributed by atoms with Gasteiger partial charge in [-0.3, -0.25) is 14.9 Å². The summed E-state index contributed by atoms with van der Waals surface area (Å²) in [5.74, 6) is -1.43. The molecular formula is C20H23FN3O4+. The van der Waals surface area contributed by atoms with Crippen molar-refractivity contribution in [1.29, 1.82) is 0 Å². The molecule has 0 aliphatic carbocycles. The number of hydrogen-bond acceptors (Lipinski definition) is 4. The molecule has 1 amide bonds. The maximum absolute atomic E-state index is 13.6. The van der Waals surface area contributed by atoms with E-state index in [1.54, 1.807) is 0 Å². The minimum absolute atomic E-state index is 0.0576. The largest absolute Gasteiger partial charge is 0.370 e. The van der Waals surface area contributed by atoms with E-state index >= 15 is 0 Å². The van der Waals surface area contributed by atoms with Crippen LogP contribution in [0.3, 0.4) is 0 Å². The molecule has 2 aromatic rings. The Morgan fingerprint density at radius 1 is 1.25 bits per heavy atom. The number of rotatable bonds is 6. The van der Waals surface area contributed by atoms with E-state index in [1.807, 2.05) is 31.2 Å². The molecule has 0 spiro atoms. The molecule has 0 saturated carbocycles. The maximum atomic E-state index is 13.6. The molecule has 1 aliphatic heterocycles. The summed E-state index contributed by atoms with van der Waals surface area (Å²) < 4.78 is 19.0. The van der Waals surface area contributed by atoms with Crippen LogP contribution in [-0.4, -0.2) is 43.7 Å². The third-order valence-electron chi connectivity index (χ3n) is 4.88. The molecule has 1 heterocycles. The third kappa shape index (κ3) is 4.90. The van der Waals surface area contributed by atoms with E-state index in [1.165, 1.54) is 11.0 Å². The van der Waals surface area contributed by atoms with Crippen molar-refractivity contribution in [3.8, 4) is 0 Å². The van der Waals surface area contributed by atoms with Crippen LogP contribution in [0.4, 0.5) is 10.1 Å². The fourth-order valence-electron chi connectivity index (χ4n) is 3.24. The van der Waals surface area contributed by atoms with Crippen LogP contribution in [0.1, 0.15) is 27.5 Å². The number of nitro benzene ring substituents is 1. The highest BCUT2D eigenvalue weighted by Gasteiger charge is 2.25. The summed E-state index contributed by atoms with van der Waals surface area (Å²) in [5.41, 5.74) is 1.41. The summed E-state index contributed by atoms with van der Waals surface area (Å²) in [4.78, 5) is 24.2. The highest BCUT2D eigenvalue weighted by molar-refractivity contribution is 5.95. The van der Waals surface area contributed by atoms with Crippen LogP contribution in [0, 0.1) is 22.9 Å². The predicted octanol–water partition coefficient (Wildman–Crippen LogP) is 1.43. The molecule has 7 nitrogen and oxygen atoms in total. The van der Waals surface area contributed by atoms with Gasteiger partial charge in [0.2, 0.25) is 5.82 Å². The van der Waals surface area contributed by atoms with E-state index in [9.17, 15) is 19.3 Å². The first-order chi connectivity index (χ1) is 13.4. The van der Waals surface area contributed by atoms with Crippen LogP contribution in [0.5, 0.6) is 0 Å². The molecule has 1 fully saturated rings. The van der Waals surface area contributed by atoms with Crippen molar-refractivity contribution in [2.45, 2.75) is 13.0 Å². The zero-order valence-corrected chi connectivity index (χ0v) is 15.6. The highest BCUT2D eigenvalue weighted by Crippen LogP contribution is 2.20. The highest BCUT2D eigenvalue weighted by atomic mass is 19.1. The number of carbonyl (C=O) groups is 1. The first-order valence-electron chi connectivity index (χ1n) is 9.16. The molecule has 0 aromatic heterocycles. The van der Waals surface area contributed by atoms with Gasteiger partial charge >= 0.3 is 5.69 Å². The molecule has 0 bridgehead atoms. The van der Waals surface area contributed by atoms with Crippen LogP contribution < -0.4 is 10.2 Å². The third-order valence-corrected chi connectivity index (χ3v) is 4.88. The molecule has 2 aromatic carbocycles. The smallest absolute Gasteiger partial charge is 0.305 e. The Bertz CT molecular complexity index is 851. The molecular weight excluding hydrogens is 365 g/mol. The van der Waals surface area contributed by atoms with Gasteiger partial charge in [0.25, 0.3) is 5.91 Å². The van der Waals surface area contributed by atoms with Gasteiger partial charge in [-0.25, -0.2) is 0 Å². The lowest BCUT2D eigenvalue weighted by Gasteiger charge is -2.28. The van der Waals surface area contributed by atoms with Crippen LogP contribution in [0.15, 0.2) is 42.5 Å². The van der Waals surface area contributed by atoms with E-state index in [2.05, 4.69) is 5.32 Å². The first-order valence-corrected chi connectivity index (χ1v) is 9.16. The van der Waals surface area contributed by atoms with Crippen LogP contribution in [0.2, 0.25) is 0 Å². The van der Waals surface area contributed by atoms with Gasteiger partial charge in [-0.1, -0.05) is 29.8 Å². The number of amides is 1. The number of nitrogens with one attached hydrogen (secondary N) is 2. The standard InChI is InChI=1S/C20H22FN3O4/c1-14-2-4-15(5-3-14)18(13-23-8-10-28-11-9-23)22-20(25)16-6-7-17(21)19(12-16)24(26)27/h2-7,12,18H,8-11,13H2,1H3,(H,22,25)/p+1/t18-/m1/s1. The van der Waals surface area contributed by atoms with Gasteiger partial charge in [0.05, 0.1) is 18.1 Å². The van der Waals surface area contributed by atoms with E-state index in [0.29, 0.717) is 19.8 Å². The summed E-state index contributed by atoms with van der Waals surface area (Å²) in [6.07, 6.45) is 0. The molecule has 28 heavy (non-hydrogen) atoms. The summed E-state index contributed by atoms with van der Waals surface area (Å²) in [5, 5.41) is 13.9. The van der Waals surface area contributed by atoms with Crippen LogP contribution >= 0.6 is 0 Å². The van der Waals surface area contributed by atoms with Gasteiger partial charge in [0, 0.05) is 11.6 Å². The lowest BCUT2D eigenvalue weighted by molar-refractivity contribution is -0.909. The molecule has 148 valence electrons. The molecule has 1 aliphatic rings. The molecule has 1 saturated heterocycles. The Hall–Kier alpha value is -2.84. The van der Waals surface area contributed by atoms with E-state index in [0.717, 1.165) is 36.3 Å². The number of carbonyl (C=O) groups excluding carboxylic acids is 1. The van der Waals surface area contributed by atoms with Crippen molar-refractivity contribution in [2.75, 3.05) is 32.8 Å². The lowest BCUT2D eigenvalue weighted by Crippen LogP contribution is -3.14. The van der Waals surface area contributed by atoms with Crippen molar-refractivity contribution >= 4 is 11.6 Å². The monoisotopic (exact) mass is 388 g/mol. The number of nitrogens with zero attached hydrogens (tertiary/aromatic N) is 1. The molecule has 1 atom stereocenters. The lowest BCUT2D eigenvalue weighted by atomic mass is 10.0. The second kappa shape index (κ2) is 8.90. The maximum Gasteiger partial charge on any atom is 0.305 e. The van der Waals surface area contributed by atoms with Gasteiger partial charge in [-0.15, -0.1) is 0 Å². The second-order valence-corrected chi connectivity index (χ2v) is 6.93. The molecule has 0 unspecified atom stereocenters. The molecule has 2 N–H and O–H groups in total. The first kappa shape index (κ1) is 19.9. The normalized spacial score (nSPS) is 15.8. The zero-order chi connectivity index (χ0) is 20.1. The number of morpholine rings is 1. The fraction of sp³-hybridized carbons (Fsp3) is 0.350. The number of hydrogen-bond donors (Lipinski definition) is 2. The van der Waals surface area contributed by atoms with Crippen molar-refractivity contribution < 1.29 is 23.7 Å². The van der Waals surface area contributed by atoms with Crippen LogP contribution in [-0.2, 0) is 4.74 Å². The number of quaternary nitrogens is 1. The molecule has 3 rings (SSSR count). The van der Waals surface area contributed by atoms with Gasteiger partial charge in [-0.05, 0) is 24.6 Å². The average Bonchev–Trinajstić information content (AvgIpc) is 2.69. The number of aryl methyl sites for hydroxylation is 1. The Labute approximate surface area is 162 Å². The second-order valence-electron chi connectivity index (χ2n) is 6.93. The van der Waals surface area contributed by atoms with Crippen molar-refractivity contribution in [3.63, 3.8) is 0 Å². The topological polar surface area (TPSA) is 85.9 Å². The van der Waals surface area contributed by atoms with Crippen molar-refractivity contribution in [3.05, 3.63) is 75.1 Å². The SMILES string of the molecule is Cc1ccc([C@@H](C[NH+]2CCOCC2)NC(=O)c2ccc(F)c([N+](=O)[O-])c2)cc1. The van der Waals surface area contributed by atoms with Crippen molar-refractivity contribution in [1.82, 2.24) is 5.32 Å². The van der Waals surface area contributed by atoms with Crippen molar-refractivity contribution in [2.24, 2.45) is 0 Å². The Morgan fingerprint density at radius 2 is 1.93 bits per heavy atom. The summed E-state index contributed by atoms with van der Waals surface area (Å²) >= 11 is 0. The Kier molecular flexibility index (Phi) is 6.33. The average molecular weight is 388 g/mol. The minimum atomic E-state index is -0.964. The summed E-state index contributed by atoms with van der Waals surface area (Å²) in [6, 6.07) is 10.8. The predicted molar refractivity (Wildman–Crippen MR) is 101 cm³/mol.